The first kappa shape index (κ1) is 16.2. The van der Waals surface area contributed by atoms with Crippen LogP contribution in [-0.2, 0) is 4.79 Å². The third kappa shape index (κ3) is 2.26. The minimum Gasteiger partial charge on any atom is -0.273 e. The molecule has 0 N–H and O–H groups in total. The number of imide groups is 3. The van der Waals surface area contributed by atoms with Gasteiger partial charge in [-0.3, -0.25) is 14.4 Å². The first-order chi connectivity index (χ1) is 12.5. The lowest BCUT2D eigenvalue weighted by atomic mass is 9.85. The van der Waals surface area contributed by atoms with Crippen molar-refractivity contribution in [2.24, 2.45) is 11.8 Å². The largest absolute Gasteiger partial charge is 0.273 e. The Morgan fingerprint density at radius 1 is 1.08 bits per heavy atom. The summed E-state index contributed by atoms with van der Waals surface area (Å²) in [6, 6.07) is 10.6. The van der Waals surface area contributed by atoms with E-state index in [0.29, 0.717) is 16.5 Å². The second kappa shape index (κ2) is 5.92. The van der Waals surface area contributed by atoms with Crippen molar-refractivity contribution in [1.29, 1.82) is 0 Å². The molecular formula is C22H17NO3. The number of allylic oxidation sites excluding steroid dienone is 4. The molecule has 26 heavy (non-hydrogen) atoms. The van der Waals surface area contributed by atoms with Crippen LogP contribution in [-0.4, -0.2) is 22.6 Å². The molecule has 128 valence electrons. The Labute approximate surface area is 151 Å². The molecule has 2 aromatic carbocycles. The third-order valence-corrected chi connectivity index (χ3v) is 5.03. The number of amides is 3. The van der Waals surface area contributed by atoms with Crippen molar-refractivity contribution in [2.75, 3.05) is 0 Å². The van der Waals surface area contributed by atoms with Crippen LogP contribution in [0, 0.1) is 11.8 Å². The molecule has 1 aliphatic heterocycles. The predicted octanol–water partition coefficient (Wildman–Crippen LogP) is 3.90. The fraction of sp³-hybridized carbons (Fsp3) is 0.136. The fourth-order valence-electron chi connectivity index (χ4n) is 3.68. The van der Waals surface area contributed by atoms with E-state index in [9.17, 15) is 14.4 Å². The summed E-state index contributed by atoms with van der Waals surface area (Å²) in [5.41, 5.74) is 1.70. The van der Waals surface area contributed by atoms with Crippen LogP contribution in [0.4, 0.5) is 0 Å². The maximum atomic E-state index is 13.1. The zero-order chi connectivity index (χ0) is 18.4. The van der Waals surface area contributed by atoms with E-state index >= 15 is 0 Å². The molecule has 1 heterocycles. The summed E-state index contributed by atoms with van der Waals surface area (Å²) in [5.74, 6) is -2.29. The van der Waals surface area contributed by atoms with Gasteiger partial charge in [0.05, 0.1) is 5.92 Å². The van der Waals surface area contributed by atoms with Crippen LogP contribution >= 0.6 is 0 Å². The Balaban J connectivity index is 1.78. The fourth-order valence-corrected chi connectivity index (χ4v) is 3.68. The lowest BCUT2D eigenvalue weighted by Crippen LogP contribution is -2.48. The molecule has 1 aliphatic carbocycles. The van der Waals surface area contributed by atoms with Gasteiger partial charge in [0.2, 0.25) is 5.91 Å². The van der Waals surface area contributed by atoms with E-state index in [2.05, 4.69) is 6.58 Å². The highest BCUT2D eigenvalue weighted by molar-refractivity contribution is 6.31. The van der Waals surface area contributed by atoms with Crippen molar-refractivity contribution in [2.45, 2.75) is 6.92 Å². The Kier molecular flexibility index (Phi) is 3.69. The molecule has 0 saturated heterocycles. The molecule has 4 rings (SSSR count). The minimum atomic E-state index is -0.559. The van der Waals surface area contributed by atoms with E-state index in [0.717, 1.165) is 15.9 Å². The number of hydrogen-bond acceptors (Lipinski definition) is 3. The minimum absolute atomic E-state index is 0.130. The molecule has 1 unspecified atom stereocenters. The van der Waals surface area contributed by atoms with Gasteiger partial charge in [0, 0.05) is 16.5 Å². The van der Waals surface area contributed by atoms with Crippen molar-refractivity contribution >= 4 is 28.5 Å². The van der Waals surface area contributed by atoms with Crippen molar-refractivity contribution in [3.05, 3.63) is 84.0 Å². The lowest BCUT2D eigenvalue weighted by molar-refractivity contribution is -0.130. The number of carbonyl (C=O) groups excluding carboxylic acids is 3. The summed E-state index contributed by atoms with van der Waals surface area (Å²) in [7, 11) is 0. The molecule has 0 radical (unpaired) electrons. The number of hydrogen-bond donors (Lipinski definition) is 0. The first-order valence-electron chi connectivity index (χ1n) is 8.49. The molecule has 2 aromatic rings. The second-order valence-electron chi connectivity index (χ2n) is 6.61. The average molecular weight is 343 g/mol. The number of rotatable bonds is 2. The van der Waals surface area contributed by atoms with Gasteiger partial charge < -0.3 is 0 Å². The molecule has 2 atom stereocenters. The quantitative estimate of drug-likeness (QED) is 0.777. The van der Waals surface area contributed by atoms with Gasteiger partial charge in [-0.15, -0.1) is 0 Å². The molecule has 0 bridgehead atoms. The highest BCUT2D eigenvalue weighted by Gasteiger charge is 2.40. The highest BCUT2D eigenvalue weighted by Crippen LogP contribution is 2.32. The summed E-state index contributed by atoms with van der Waals surface area (Å²) in [4.78, 5) is 39.8. The summed E-state index contributed by atoms with van der Waals surface area (Å²) in [5, 5.41) is 1.44. The Hall–Kier alpha value is -3.27. The van der Waals surface area contributed by atoms with E-state index < -0.39 is 23.6 Å². The van der Waals surface area contributed by atoms with Crippen LogP contribution in [0.25, 0.3) is 10.8 Å². The molecule has 4 nitrogen and oxygen atoms in total. The molecule has 2 aliphatic rings. The normalized spacial score (nSPS) is 21.7. The van der Waals surface area contributed by atoms with Crippen LogP contribution < -0.4 is 0 Å². The maximum Gasteiger partial charge on any atom is 0.268 e. The van der Waals surface area contributed by atoms with Gasteiger partial charge >= 0.3 is 0 Å². The maximum absolute atomic E-state index is 13.1. The zero-order valence-corrected chi connectivity index (χ0v) is 14.3. The van der Waals surface area contributed by atoms with Crippen LogP contribution in [0.15, 0.2) is 72.9 Å². The molecule has 0 spiro atoms. The van der Waals surface area contributed by atoms with Crippen LogP contribution in [0.1, 0.15) is 27.6 Å². The van der Waals surface area contributed by atoms with Crippen molar-refractivity contribution in [3.8, 4) is 0 Å². The van der Waals surface area contributed by atoms with Gasteiger partial charge in [0.25, 0.3) is 11.8 Å². The topological polar surface area (TPSA) is 54.5 Å². The SMILES string of the molecule is C=CC1=C[C@@H](C)C(C(=O)N2C(=O)c3cccc4cccc(c34)C2=O)C=C1. The van der Waals surface area contributed by atoms with E-state index in [1.165, 1.54) is 0 Å². The number of nitrogens with zero attached hydrogens (tertiary/aromatic N) is 1. The summed E-state index contributed by atoms with van der Waals surface area (Å²) in [6.45, 7) is 5.62. The van der Waals surface area contributed by atoms with Crippen LogP contribution in [0.5, 0.6) is 0 Å². The number of carbonyl (C=O) groups is 3. The van der Waals surface area contributed by atoms with Gasteiger partial charge in [0.1, 0.15) is 0 Å². The van der Waals surface area contributed by atoms with Crippen molar-refractivity contribution < 1.29 is 14.4 Å². The predicted molar refractivity (Wildman–Crippen MR) is 99.5 cm³/mol. The van der Waals surface area contributed by atoms with Gasteiger partial charge in [0.15, 0.2) is 0 Å². The Morgan fingerprint density at radius 3 is 2.23 bits per heavy atom. The lowest BCUT2D eigenvalue weighted by Gasteiger charge is -2.30. The summed E-state index contributed by atoms with van der Waals surface area (Å²) in [6.07, 6.45) is 7.17. The van der Waals surface area contributed by atoms with E-state index in [1.807, 2.05) is 25.1 Å². The summed E-state index contributed by atoms with van der Waals surface area (Å²) >= 11 is 0. The van der Waals surface area contributed by atoms with Crippen molar-refractivity contribution in [1.82, 2.24) is 4.90 Å². The zero-order valence-electron chi connectivity index (χ0n) is 14.3. The average Bonchev–Trinajstić information content (AvgIpc) is 2.65. The van der Waals surface area contributed by atoms with Gasteiger partial charge in [-0.05, 0) is 29.0 Å². The van der Waals surface area contributed by atoms with Crippen LogP contribution in [0.3, 0.4) is 0 Å². The second-order valence-corrected chi connectivity index (χ2v) is 6.61. The molecule has 3 amide bonds. The van der Waals surface area contributed by atoms with Gasteiger partial charge in [-0.2, -0.15) is 0 Å². The van der Waals surface area contributed by atoms with Crippen molar-refractivity contribution in [3.63, 3.8) is 0 Å². The third-order valence-electron chi connectivity index (χ3n) is 5.03. The van der Waals surface area contributed by atoms with Gasteiger partial charge in [-0.1, -0.05) is 62.1 Å². The van der Waals surface area contributed by atoms with E-state index in [1.54, 1.807) is 42.5 Å². The smallest absolute Gasteiger partial charge is 0.268 e. The standard InChI is InChI=1S/C22H17NO3/c1-3-14-10-11-16(13(2)12-14)20(24)23-21(25)17-8-4-6-15-7-5-9-18(19(15)17)22(23)26/h3-13,16H,1H2,2H3/t13-,16?/m1/s1. The molecule has 0 fully saturated rings. The summed E-state index contributed by atoms with van der Waals surface area (Å²) < 4.78 is 0. The van der Waals surface area contributed by atoms with E-state index in [4.69, 9.17) is 0 Å². The highest BCUT2D eigenvalue weighted by atomic mass is 16.2. The van der Waals surface area contributed by atoms with E-state index in [-0.39, 0.29) is 5.92 Å². The molecule has 0 saturated carbocycles. The molecular weight excluding hydrogens is 326 g/mol. The molecule has 4 heteroatoms. The Morgan fingerprint density at radius 2 is 1.69 bits per heavy atom. The van der Waals surface area contributed by atoms with Gasteiger partial charge in [-0.25, -0.2) is 4.90 Å². The number of benzene rings is 2. The molecule has 0 aromatic heterocycles. The first-order valence-corrected chi connectivity index (χ1v) is 8.49. The Bertz CT molecular complexity index is 994. The van der Waals surface area contributed by atoms with Crippen LogP contribution in [0.2, 0.25) is 0 Å². The monoisotopic (exact) mass is 343 g/mol.